The summed E-state index contributed by atoms with van der Waals surface area (Å²) in [6, 6.07) is 9.14. The highest BCUT2D eigenvalue weighted by Crippen LogP contribution is 2.16. The van der Waals surface area contributed by atoms with E-state index in [-0.39, 0.29) is 6.42 Å². The molecule has 1 saturated heterocycles. The van der Waals surface area contributed by atoms with Crippen molar-refractivity contribution >= 4 is 23.8 Å². The summed E-state index contributed by atoms with van der Waals surface area (Å²) in [5.74, 6) is 0.311. The Labute approximate surface area is 115 Å². The van der Waals surface area contributed by atoms with Gasteiger partial charge in [0.2, 0.25) is 6.10 Å². The van der Waals surface area contributed by atoms with Gasteiger partial charge in [0.05, 0.1) is 5.88 Å². The lowest BCUT2D eigenvalue weighted by molar-refractivity contribution is -0.147. The first-order valence-electron chi connectivity index (χ1n) is 5.97. The summed E-state index contributed by atoms with van der Waals surface area (Å²) >= 11 is 1.63. The second-order valence-corrected chi connectivity index (χ2v) is 5.28. The van der Waals surface area contributed by atoms with E-state index in [4.69, 9.17) is 9.84 Å². The molecule has 0 saturated carbocycles. The Hall–Kier alpha value is -1.69. The third-order valence-electron chi connectivity index (χ3n) is 2.79. The molecule has 0 aromatic heterocycles. The topological polar surface area (TPSA) is 66.8 Å². The zero-order valence-corrected chi connectivity index (χ0v) is 11.1. The SMILES string of the molecule is O=C(O)C(Cc1ccccc1)OC(=O)N1CCSC1. The molecule has 6 heteroatoms. The molecule has 0 aliphatic carbocycles. The number of nitrogens with zero attached hydrogens (tertiary/aromatic N) is 1. The van der Waals surface area contributed by atoms with Gasteiger partial charge in [0.1, 0.15) is 0 Å². The zero-order valence-electron chi connectivity index (χ0n) is 10.3. The number of ether oxygens (including phenoxy) is 1. The number of rotatable bonds is 4. The molecule has 2 rings (SSSR count). The van der Waals surface area contributed by atoms with Crippen LogP contribution in [0.3, 0.4) is 0 Å². The zero-order chi connectivity index (χ0) is 13.7. The van der Waals surface area contributed by atoms with Crippen LogP contribution in [0.1, 0.15) is 5.56 Å². The van der Waals surface area contributed by atoms with Crippen LogP contribution < -0.4 is 0 Å². The van der Waals surface area contributed by atoms with Crippen LogP contribution >= 0.6 is 11.8 Å². The van der Waals surface area contributed by atoms with Crippen molar-refractivity contribution in [3.05, 3.63) is 35.9 Å². The number of carbonyl (C=O) groups is 2. The molecule has 1 aromatic carbocycles. The molecule has 102 valence electrons. The van der Waals surface area contributed by atoms with Gasteiger partial charge in [-0.3, -0.25) is 4.90 Å². The number of hydrogen-bond acceptors (Lipinski definition) is 4. The van der Waals surface area contributed by atoms with Gasteiger partial charge >= 0.3 is 12.1 Å². The minimum atomic E-state index is -1.14. The minimum absolute atomic E-state index is 0.183. The normalized spacial score (nSPS) is 16.1. The molecule has 1 aliphatic heterocycles. The van der Waals surface area contributed by atoms with Gasteiger partial charge in [-0.2, -0.15) is 0 Å². The van der Waals surface area contributed by atoms with Crippen LogP contribution in [0, 0.1) is 0 Å². The molecule has 1 unspecified atom stereocenters. The fraction of sp³-hybridized carbons (Fsp3) is 0.385. The molecule has 0 bridgehead atoms. The van der Waals surface area contributed by atoms with E-state index >= 15 is 0 Å². The van der Waals surface area contributed by atoms with Gasteiger partial charge in [-0.15, -0.1) is 11.8 Å². The number of benzene rings is 1. The number of carbonyl (C=O) groups excluding carboxylic acids is 1. The predicted octanol–water partition coefficient (Wildman–Crippen LogP) is 1.83. The quantitative estimate of drug-likeness (QED) is 0.912. The number of carboxylic acids is 1. The summed E-state index contributed by atoms with van der Waals surface area (Å²) in [6.45, 7) is 0.612. The standard InChI is InChI=1S/C13H15NO4S/c15-12(16)11(8-10-4-2-1-3-5-10)18-13(17)14-6-7-19-9-14/h1-5,11H,6-9H2,(H,15,16). The van der Waals surface area contributed by atoms with Crippen molar-refractivity contribution in [1.82, 2.24) is 4.90 Å². The van der Waals surface area contributed by atoms with Crippen LogP contribution in [0.4, 0.5) is 4.79 Å². The second-order valence-electron chi connectivity index (χ2n) is 4.20. The molecule has 1 aromatic rings. The number of aliphatic carboxylic acids is 1. The van der Waals surface area contributed by atoms with E-state index in [0.29, 0.717) is 12.4 Å². The van der Waals surface area contributed by atoms with Crippen molar-refractivity contribution in [3.8, 4) is 0 Å². The van der Waals surface area contributed by atoms with Crippen LogP contribution in [0.15, 0.2) is 30.3 Å². The average molecular weight is 281 g/mol. The second kappa shape index (κ2) is 6.47. The van der Waals surface area contributed by atoms with Gasteiger partial charge in [-0.1, -0.05) is 30.3 Å². The molecule has 0 radical (unpaired) electrons. The summed E-state index contributed by atoms with van der Waals surface area (Å²) in [5, 5.41) is 9.13. The lowest BCUT2D eigenvalue weighted by atomic mass is 10.1. The van der Waals surface area contributed by atoms with Crippen LogP contribution in [0.5, 0.6) is 0 Å². The maximum atomic E-state index is 11.8. The van der Waals surface area contributed by atoms with E-state index in [9.17, 15) is 9.59 Å². The Morgan fingerprint density at radius 2 is 2.11 bits per heavy atom. The minimum Gasteiger partial charge on any atom is -0.478 e. The Bertz CT molecular complexity index is 445. The predicted molar refractivity (Wildman–Crippen MR) is 72.1 cm³/mol. The Morgan fingerprint density at radius 3 is 2.68 bits per heavy atom. The van der Waals surface area contributed by atoms with Crippen LogP contribution in [0.2, 0.25) is 0 Å². The summed E-state index contributed by atoms with van der Waals surface area (Å²) in [7, 11) is 0. The average Bonchev–Trinajstić information content (AvgIpc) is 2.93. The highest BCUT2D eigenvalue weighted by Gasteiger charge is 2.27. The highest BCUT2D eigenvalue weighted by atomic mass is 32.2. The Balaban J connectivity index is 1.96. The fourth-order valence-corrected chi connectivity index (χ4v) is 2.70. The third-order valence-corrected chi connectivity index (χ3v) is 3.76. The smallest absolute Gasteiger partial charge is 0.411 e. The highest BCUT2D eigenvalue weighted by molar-refractivity contribution is 7.99. The van der Waals surface area contributed by atoms with Gasteiger partial charge < -0.3 is 9.84 Å². The molecule has 19 heavy (non-hydrogen) atoms. The number of thioether (sulfide) groups is 1. The molecular weight excluding hydrogens is 266 g/mol. The Morgan fingerprint density at radius 1 is 1.37 bits per heavy atom. The number of amides is 1. The van der Waals surface area contributed by atoms with E-state index in [1.807, 2.05) is 30.3 Å². The van der Waals surface area contributed by atoms with Crippen molar-refractivity contribution < 1.29 is 19.4 Å². The van der Waals surface area contributed by atoms with Gasteiger partial charge in [-0.25, -0.2) is 9.59 Å². The van der Waals surface area contributed by atoms with E-state index in [2.05, 4.69) is 0 Å². The van der Waals surface area contributed by atoms with Crippen molar-refractivity contribution in [2.24, 2.45) is 0 Å². The number of carboxylic acid groups (broad SMARTS) is 1. The maximum absolute atomic E-state index is 11.8. The van der Waals surface area contributed by atoms with Crippen LogP contribution in [-0.2, 0) is 16.0 Å². The summed E-state index contributed by atoms with van der Waals surface area (Å²) < 4.78 is 5.07. The molecule has 1 N–H and O–H groups in total. The van der Waals surface area contributed by atoms with Gasteiger partial charge in [0.15, 0.2) is 0 Å². The number of hydrogen-bond donors (Lipinski definition) is 1. The molecule has 5 nitrogen and oxygen atoms in total. The lowest BCUT2D eigenvalue weighted by Gasteiger charge is -2.19. The lowest BCUT2D eigenvalue weighted by Crippen LogP contribution is -2.36. The molecule has 1 amide bonds. The first kappa shape index (κ1) is 13.7. The summed E-state index contributed by atoms with van der Waals surface area (Å²) in [6.07, 6.45) is -1.50. The Kier molecular flexibility index (Phi) is 4.68. The van der Waals surface area contributed by atoms with Crippen LogP contribution in [0.25, 0.3) is 0 Å². The maximum Gasteiger partial charge on any atom is 0.411 e. The van der Waals surface area contributed by atoms with Crippen molar-refractivity contribution in [2.75, 3.05) is 18.2 Å². The van der Waals surface area contributed by atoms with Gasteiger partial charge in [0.25, 0.3) is 0 Å². The molecular formula is C13H15NO4S. The summed E-state index contributed by atoms with van der Waals surface area (Å²) in [5.41, 5.74) is 0.832. The monoisotopic (exact) mass is 281 g/mol. The van der Waals surface area contributed by atoms with E-state index in [1.54, 1.807) is 11.8 Å². The first-order chi connectivity index (χ1) is 9.16. The molecule has 1 fully saturated rings. The van der Waals surface area contributed by atoms with Crippen molar-refractivity contribution in [2.45, 2.75) is 12.5 Å². The van der Waals surface area contributed by atoms with E-state index in [0.717, 1.165) is 11.3 Å². The third kappa shape index (κ3) is 3.89. The summed E-state index contributed by atoms with van der Waals surface area (Å²) in [4.78, 5) is 24.5. The van der Waals surface area contributed by atoms with Gasteiger partial charge in [0, 0.05) is 18.7 Å². The van der Waals surface area contributed by atoms with Crippen molar-refractivity contribution in [1.29, 1.82) is 0 Å². The van der Waals surface area contributed by atoms with E-state index < -0.39 is 18.2 Å². The van der Waals surface area contributed by atoms with Crippen molar-refractivity contribution in [3.63, 3.8) is 0 Å². The van der Waals surface area contributed by atoms with Gasteiger partial charge in [-0.05, 0) is 5.56 Å². The van der Waals surface area contributed by atoms with Crippen LogP contribution in [-0.4, -0.2) is 46.3 Å². The first-order valence-corrected chi connectivity index (χ1v) is 7.12. The fourth-order valence-electron chi connectivity index (χ4n) is 1.76. The molecule has 1 atom stereocenters. The molecule has 1 aliphatic rings. The molecule has 1 heterocycles. The van der Waals surface area contributed by atoms with E-state index in [1.165, 1.54) is 4.90 Å². The molecule has 0 spiro atoms. The largest absolute Gasteiger partial charge is 0.478 e.